The maximum absolute atomic E-state index is 5.64. The predicted octanol–water partition coefficient (Wildman–Crippen LogP) is 1.14. The van der Waals surface area contributed by atoms with Crippen LogP contribution >= 0.6 is 15.9 Å². The Hall–Kier alpha value is -0.470. The molecular formula is C12H24BrN5O. The van der Waals surface area contributed by atoms with E-state index in [4.69, 9.17) is 10.6 Å². The van der Waals surface area contributed by atoms with Crippen LogP contribution in [0.1, 0.15) is 25.6 Å². The van der Waals surface area contributed by atoms with Crippen LogP contribution in [0.4, 0.5) is 0 Å². The molecule has 6 nitrogen and oxygen atoms in total. The summed E-state index contributed by atoms with van der Waals surface area (Å²) in [5, 5.41) is 4.38. The molecule has 0 radical (unpaired) electrons. The molecular weight excluding hydrogens is 310 g/mol. The van der Waals surface area contributed by atoms with E-state index in [9.17, 15) is 0 Å². The third-order valence-corrected chi connectivity index (χ3v) is 3.33. The molecule has 1 aromatic heterocycles. The monoisotopic (exact) mass is 333 g/mol. The second kappa shape index (κ2) is 7.96. The standard InChI is InChI=1S/C12H24BrN5O/c1-9(2)19-8-11(16-14)12-10(13)7-15-18(12)6-5-17(3)4/h7,9,11,16H,5-6,8,14H2,1-4H3. The van der Waals surface area contributed by atoms with Crippen LogP contribution in [0, 0.1) is 0 Å². The summed E-state index contributed by atoms with van der Waals surface area (Å²) in [6.07, 6.45) is 1.97. The molecule has 1 rings (SSSR count). The van der Waals surface area contributed by atoms with Crippen molar-refractivity contribution in [1.29, 1.82) is 0 Å². The van der Waals surface area contributed by atoms with E-state index < -0.39 is 0 Å². The second-order valence-electron chi connectivity index (χ2n) is 5.01. The number of hydrazine groups is 1. The van der Waals surface area contributed by atoms with Crippen LogP contribution in [0.5, 0.6) is 0 Å². The van der Waals surface area contributed by atoms with E-state index in [1.165, 1.54) is 0 Å². The van der Waals surface area contributed by atoms with Crippen molar-refractivity contribution in [3.05, 3.63) is 16.4 Å². The zero-order valence-electron chi connectivity index (χ0n) is 12.1. The molecule has 110 valence electrons. The van der Waals surface area contributed by atoms with Gasteiger partial charge in [-0.3, -0.25) is 10.5 Å². The molecule has 0 amide bonds. The largest absolute Gasteiger partial charge is 0.377 e. The van der Waals surface area contributed by atoms with Crippen molar-refractivity contribution in [2.75, 3.05) is 27.2 Å². The van der Waals surface area contributed by atoms with Gasteiger partial charge in [-0.05, 0) is 43.9 Å². The number of aromatic nitrogens is 2. The highest BCUT2D eigenvalue weighted by Crippen LogP contribution is 2.23. The fourth-order valence-electron chi connectivity index (χ4n) is 1.69. The van der Waals surface area contributed by atoms with Gasteiger partial charge < -0.3 is 9.64 Å². The molecule has 0 saturated heterocycles. The Morgan fingerprint density at radius 3 is 2.74 bits per heavy atom. The van der Waals surface area contributed by atoms with E-state index in [0.29, 0.717) is 6.61 Å². The summed E-state index contributed by atoms with van der Waals surface area (Å²) in [6, 6.07) is -0.0820. The Balaban J connectivity index is 2.80. The highest BCUT2D eigenvalue weighted by Gasteiger charge is 2.19. The SMILES string of the molecule is CC(C)OCC(NN)c1c(Br)cnn1CCN(C)C. The zero-order chi connectivity index (χ0) is 14.4. The van der Waals surface area contributed by atoms with Gasteiger partial charge in [0.1, 0.15) is 0 Å². The summed E-state index contributed by atoms with van der Waals surface area (Å²) in [7, 11) is 4.08. The lowest BCUT2D eigenvalue weighted by molar-refractivity contribution is 0.0591. The van der Waals surface area contributed by atoms with Gasteiger partial charge in [-0.25, -0.2) is 5.43 Å². The van der Waals surface area contributed by atoms with Gasteiger partial charge in [-0.1, -0.05) is 0 Å². The van der Waals surface area contributed by atoms with Crippen LogP contribution in [-0.4, -0.2) is 48.0 Å². The van der Waals surface area contributed by atoms with Crippen molar-refractivity contribution in [2.45, 2.75) is 32.5 Å². The number of rotatable bonds is 8. The smallest absolute Gasteiger partial charge is 0.0873 e. The fourth-order valence-corrected chi connectivity index (χ4v) is 2.26. The molecule has 1 unspecified atom stereocenters. The van der Waals surface area contributed by atoms with Crippen LogP contribution < -0.4 is 11.3 Å². The molecule has 1 atom stereocenters. The number of hydrogen-bond donors (Lipinski definition) is 2. The molecule has 0 fully saturated rings. The fraction of sp³-hybridized carbons (Fsp3) is 0.750. The van der Waals surface area contributed by atoms with Gasteiger partial charge in [0.15, 0.2) is 0 Å². The highest BCUT2D eigenvalue weighted by molar-refractivity contribution is 9.10. The quantitative estimate of drug-likeness (QED) is 0.551. The van der Waals surface area contributed by atoms with E-state index in [-0.39, 0.29) is 12.1 Å². The lowest BCUT2D eigenvalue weighted by atomic mass is 10.2. The van der Waals surface area contributed by atoms with Crippen LogP contribution in [0.15, 0.2) is 10.7 Å². The molecule has 0 aromatic carbocycles. The zero-order valence-corrected chi connectivity index (χ0v) is 13.6. The molecule has 0 aliphatic rings. The van der Waals surface area contributed by atoms with Crippen molar-refractivity contribution in [1.82, 2.24) is 20.1 Å². The van der Waals surface area contributed by atoms with Gasteiger partial charge >= 0.3 is 0 Å². The van der Waals surface area contributed by atoms with Gasteiger partial charge in [0, 0.05) is 6.54 Å². The molecule has 0 spiro atoms. The Kier molecular flexibility index (Phi) is 6.95. The number of nitrogens with zero attached hydrogens (tertiary/aromatic N) is 3. The van der Waals surface area contributed by atoms with Crippen molar-refractivity contribution in [3.8, 4) is 0 Å². The number of nitrogens with one attached hydrogen (secondary N) is 1. The van der Waals surface area contributed by atoms with Crippen molar-refractivity contribution < 1.29 is 4.74 Å². The Morgan fingerprint density at radius 1 is 1.53 bits per heavy atom. The molecule has 1 heterocycles. The second-order valence-corrected chi connectivity index (χ2v) is 5.86. The number of likely N-dealkylation sites (N-methyl/N-ethyl adjacent to an activating group) is 1. The first-order valence-electron chi connectivity index (χ1n) is 6.39. The third kappa shape index (κ3) is 5.19. The summed E-state index contributed by atoms with van der Waals surface area (Å²) in [4.78, 5) is 2.12. The van der Waals surface area contributed by atoms with Gasteiger partial charge in [0.25, 0.3) is 0 Å². The summed E-state index contributed by atoms with van der Waals surface area (Å²) in [6.45, 7) is 6.26. The third-order valence-electron chi connectivity index (χ3n) is 2.72. The Bertz CT molecular complexity index is 380. The van der Waals surface area contributed by atoms with Crippen molar-refractivity contribution >= 4 is 15.9 Å². The predicted molar refractivity (Wildman–Crippen MR) is 79.6 cm³/mol. The van der Waals surface area contributed by atoms with Gasteiger partial charge in [-0.2, -0.15) is 5.10 Å². The maximum atomic E-state index is 5.64. The van der Waals surface area contributed by atoms with Gasteiger partial charge in [0.05, 0.1) is 41.7 Å². The Labute approximate surface area is 123 Å². The molecule has 0 saturated carbocycles. The summed E-state index contributed by atoms with van der Waals surface area (Å²) in [5.74, 6) is 5.64. The van der Waals surface area contributed by atoms with Gasteiger partial charge in [0.2, 0.25) is 0 Å². The highest BCUT2D eigenvalue weighted by atomic mass is 79.9. The maximum Gasteiger partial charge on any atom is 0.0873 e. The van der Waals surface area contributed by atoms with E-state index in [0.717, 1.165) is 23.3 Å². The number of nitrogens with two attached hydrogens (primary N) is 1. The van der Waals surface area contributed by atoms with E-state index in [2.05, 4.69) is 31.4 Å². The van der Waals surface area contributed by atoms with Crippen LogP contribution in [0.2, 0.25) is 0 Å². The molecule has 19 heavy (non-hydrogen) atoms. The van der Waals surface area contributed by atoms with Crippen LogP contribution in [0.25, 0.3) is 0 Å². The minimum Gasteiger partial charge on any atom is -0.377 e. The normalized spacial score (nSPS) is 13.5. The lowest BCUT2D eigenvalue weighted by Crippen LogP contribution is -2.34. The summed E-state index contributed by atoms with van der Waals surface area (Å²) in [5.41, 5.74) is 3.82. The molecule has 0 aliphatic heterocycles. The molecule has 7 heteroatoms. The van der Waals surface area contributed by atoms with E-state index in [1.807, 2.05) is 32.6 Å². The first kappa shape index (κ1) is 16.6. The van der Waals surface area contributed by atoms with Crippen molar-refractivity contribution in [3.63, 3.8) is 0 Å². The average Bonchev–Trinajstić information content (AvgIpc) is 2.69. The van der Waals surface area contributed by atoms with Crippen molar-refractivity contribution in [2.24, 2.45) is 5.84 Å². The minimum atomic E-state index is -0.0820. The van der Waals surface area contributed by atoms with E-state index >= 15 is 0 Å². The molecule has 3 N–H and O–H groups in total. The lowest BCUT2D eigenvalue weighted by Gasteiger charge is -2.20. The van der Waals surface area contributed by atoms with Crippen LogP contribution in [-0.2, 0) is 11.3 Å². The molecule has 0 aliphatic carbocycles. The number of hydrogen-bond acceptors (Lipinski definition) is 5. The first-order valence-corrected chi connectivity index (χ1v) is 7.18. The minimum absolute atomic E-state index is 0.0820. The number of ether oxygens (including phenoxy) is 1. The van der Waals surface area contributed by atoms with E-state index in [1.54, 1.807) is 6.20 Å². The first-order chi connectivity index (χ1) is 8.95. The topological polar surface area (TPSA) is 68.3 Å². The van der Waals surface area contributed by atoms with Crippen LogP contribution in [0.3, 0.4) is 0 Å². The van der Waals surface area contributed by atoms with Gasteiger partial charge in [-0.15, -0.1) is 0 Å². The summed E-state index contributed by atoms with van der Waals surface area (Å²) >= 11 is 3.52. The summed E-state index contributed by atoms with van der Waals surface area (Å²) < 4.78 is 8.54. The number of halogens is 1. The average molecular weight is 334 g/mol. The molecule has 0 bridgehead atoms. The molecule has 1 aromatic rings. The Morgan fingerprint density at radius 2 is 2.21 bits per heavy atom.